The smallest absolute Gasteiger partial charge is 0.228 e. The van der Waals surface area contributed by atoms with Gasteiger partial charge in [-0.25, -0.2) is 0 Å². The van der Waals surface area contributed by atoms with Crippen molar-refractivity contribution in [1.29, 1.82) is 0 Å². The van der Waals surface area contributed by atoms with E-state index in [-0.39, 0.29) is 23.3 Å². The summed E-state index contributed by atoms with van der Waals surface area (Å²) in [5.41, 5.74) is 1.14. The van der Waals surface area contributed by atoms with Crippen molar-refractivity contribution in [3.63, 3.8) is 0 Å². The second kappa shape index (κ2) is 5.68. The molecule has 4 nitrogen and oxygen atoms in total. The number of hydrogen-bond acceptors (Lipinski definition) is 3. The number of benzene rings is 1. The van der Waals surface area contributed by atoms with E-state index in [1.807, 2.05) is 38.1 Å². The SMILES string of the molecule is CC(C)Oc1ccc(NC(=O)C2CC23CCNCC3)cc1. The van der Waals surface area contributed by atoms with Gasteiger partial charge in [0.2, 0.25) is 5.91 Å². The summed E-state index contributed by atoms with van der Waals surface area (Å²) >= 11 is 0. The van der Waals surface area contributed by atoms with E-state index < -0.39 is 0 Å². The van der Waals surface area contributed by atoms with Crippen molar-refractivity contribution in [2.75, 3.05) is 18.4 Å². The van der Waals surface area contributed by atoms with Crippen molar-refractivity contribution in [2.24, 2.45) is 11.3 Å². The molecule has 21 heavy (non-hydrogen) atoms. The Balaban J connectivity index is 1.56. The molecule has 1 aromatic carbocycles. The second-order valence-electron chi connectivity index (χ2n) is 6.55. The summed E-state index contributed by atoms with van der Waals surface area (Å²) in [6.45, 7) is 6.10. The Morgan fingerprint density at radius 1 is 1.29 bits per heavy atom. The Kier molecular flexibility index (Phi) is 3.89. The molecule has 0 aromatic heterocycles. The van der Waals surface area contributed by atoms with E-state index >= 15 is 0 Å². The van der Waals surface area contributed by atoms with Crippen LogP contribution in [0.1, 0.15) is 33.1 Å². The number of rotatable bonds is 4. The van der Waals surface area contributed by atoms with Crippen LogP contribution in [0.2, 0.25) is 0 Å². The Labute approximate surface area is 126 Å². The van der Waals surface area contributed by atoms with Crippen LogP contribution in [-0.2, 0) is 4.79 Å². The average Bonchev–Trinajstić information content (AvgIpc) is 3.15. The Morgan fingerprint density at radius 2 is 1.95 bits per heavy atom. The van der Waals surface area contributed by atoms with Crippen LogP contribution in [0.25, 0.3) is 0 Å². The first-order valence-corrected chi connectivity index (χ1v) is 7.87. The number of ether oxygens (including phenoxy) is 1. The zero-order chi connectivity index (χ0) is 14.9. The maximum absolute atomic E-state index is 12.3. The number of carbonyl (C=O) groups excluding carboxylic acids is 1. The van der Waals surface area contributed by atoms with Gasteiger partial charge >= 0.3 is 0 Å². The van der Waals surface area contributed by atoms with Crippen LogP contribution in [0.15, 0.2) is 24.3 Å². The molecule has 1 atom stereocenters. The van der Waals surface area contributed by atoms with Gasteiger partial charge in [-0.1, -0.05) is 0 Å². The van der Waals surface area contributed by atoms with Crippen LogP contribution >= 0.6 is 0 Å². The van der Waals surface area contributed by atoms with Gasteiger partial charge in [0.15, 0.2) is 0 Å². The van der Waals surface area contributed by atoms with Gasteiger partial charge in [0.1, 0.15) is 5.75 Å². The average molecular weight is 288 g/mol. The quantitative estimate of drug-likeness (QED) is 0.895. The lowest BCUT2D eigenvalue weighted by atomic mass is 9.92. The van der Waals surface area contributed by atoms with E-state index in [9.17, 15) is 4.79 Å². The molecule has 3 rings (SSSR count). The molecule has 0 radical (unpaired) electrons. The lowest BCUT2D eigenvalue weighted by Gasteiger charge is -2.23. The molecule has 1 heterocycles. The van der Waals surface area contributed by atoms with Gasteiger partial charge in [-0.05, 0) is 75.9 Å². The molecule has 2 aliphatic rings. The van der Waals surface area contributed by atoms with Crippen LogP contribution < -0.4 is 15.4 Å². The van der Waals surface area contributed by atoms with Crippen LogP contribution in [0.4, 0.5) is 5.69 Å². The number of piperidine rings is 1. The monoisotopic (exact) mass is 288 g/mol. The molecule has 1 spiro atoms. The third-order valence-electron chi connectivity index (χ3n) is 4.60. The number of amides is 1. The first kappa shape index (κ1) is 14.4. The van der Waals surface area contributed by atoms with Gasteiger partial charge < -0.3 is 15.4 Å². The Bertz CT molecular complexity index is 504. The van der Waals surface area contributed by atoms with E-state index in [1.54, 1.807) is 0 Å². The number of nitrogens with one attached hydrogen (secondary N) is 2. The fourth-order valence-electron chi connectivity index (χ4n) is 3.31. The topological polar surface area (TPSA) is 50.4 Å². The molecule has 114 valence electrons. The van der Waals surface area contributed by atoms with Crippen LogP contribution in [-0.4, -0.2) is 25.1 Å². The van der Waals surface area contributed by atoms with Crippen LogP contribution in [0, 0.1) is 11.3 Å². The molecular weight excluding hydrogens is 264 g/mol. The first-order valence-electron chi connectivity index (χ1n) is 7.87. The summed E-state index contributed by atoms with van der Waals surface area (Å²) in [6, 6.07) is 7.63. The van der Waals surface area contributed by atoms with Gasteiger partial charge in [0.25, 0.3) is 0 Å². The molecule has 1 saturated carbocycles. The summed E-state index contributed by atoms with van der Waals surface area (Å²) in [7, 11) is 0. The number of hydrogen-bond donors (Lipinski definition) is 2. The molecule has 2 fully saturated rings. The highest BCUT2D eigenvalue weighted by molar-refractivity contribution is 5.95. The summed E-state index contributed by atoms with van der Waals surface area (Å²) in [5, 5.41) is 6.41. The zero-order valence-electron chi connectivity index (χ0n) is 12.8. The molecule has 1 amide bonds. The summed E-state index contributed by atoms with van der Waals surface area (Å²) < 4.78 is 5.60. The largest absolute Gasteiger partial charge is 0.491 e. The minimum Gasteiger partial charge on any atom is -0.491 e. The van der Waals surface area contributed by atoms with Crippen LogP contribution in [0.3, 0.4) is 0 Å². The predicted octanol–water partition coefficient (Wildman–Crippen LogP) is 2.80. The van der Waals surface area contributed by atoms with Crippen molar-refractivity contribution in [2.45, 2.75) is 39.2 Å². The van der Waals surface area contributed by atoms with Gasteiger partial charge in [0, 0.05) is 11.6 Å². The van der Waals surface area contributed by atoms with E-state index in [2.05, 4.69) is 10.6 Å². The van der Waals surface area contributed by atoms with Gasteiger partial charge in [0.05, 0.1) is 6.10 Å². The highest BCUT2D eigenvalue weighted by Crippen LogP contribution is 2.58. The van der Waals surface area contributed by atoms with E-state index in [0.29, 0.717) is 0 Å². The second-order valence-corrected chi connectivity index (χ2v) is 6.55. The lowest BCUT2D eigenvalue weighted by molar-refractivity contribution is -0.118. The third kappa shape index (κ3) is 3.21. The maximum Gasteiger partial charge on any atom is 0.228 e. The third-order valence-corrected chi connectivity index (χ3v) is 4.60. The minimum atomic E-state index is 0.164. The van der Waals surface area contributed by atoms with Gasteiger partial charge in [-0.3, -0.25) is 4.79 Å². The highest BCUT2D eigenvalue weighted by Gasteiger charge is 2.57. The molecule has 1 saturated heterocycles. The number of carbonyl (C=O) groups is 1. The molecule has 0 bridgehead atoms. The summed E-state index contributed by atoms with van der Waals surface area (Å²) in [4.78, 5) is 12.3. The number of anilines is 1. The molecule has 1 aromatic rings. The van der Waals surface area contributed by atoms with E-state index in [4.69, 9.17) is 4.74 Å². The predicted molar refractivity (Wildman–Crippen MR) is 83.5 cm³/mol. The zero-order valence-corrected chi connectivity index (χ0v) is 12.8. The van der Waals surface area contributed by atoms with Crippen molar-refractivity contribution in [3.05, 3.63) is 24.3 Å². The van der Waals surface area contributed by atoms with Crippen molar-refractivity contribution >= 4 is 11.6 Å². The highest BCUT2D eigenvalue weighted by atomic mass is 16.5. The maximum atomic E-state index is 12.3. The fraction of sp³-hybridized carbons (Fsp3) is 0.588. The molecule has 4 heteroatoms. The summed E-state index contributed by atoms with van der Waals surface area (Å²) in [6.07, 6.45) is 3.48. The fourth-order valence-corrected chi connectivity index (χ4v) is 3.31. The van der Waals surface area contributed by atoms with Gasteiger partial charge in [-0.2, -0.15) is 0 Å². The van der Waals surface area contributed by atoms with Gasteiger partial charge in [-0.15, -0.1) is 0 Å². The molecular formula is C17H24N2O2. The normalized spacial score (nSPS) is 23.1. The van der Waals surface area contributed by atoms with E-state index in [0.717, 1.165) is 43.8 Å². The van der Waals surface area contributed by atoms with Crippen LogP contribution in [0.5, 0.6) is 5.75 Å². The lowest BCUT2D eigenvalue weighted by Crippen LogP contribution is -2.31. The Hall–Kier alpha value is -1.55. The molecule has 1 unspecified atom stereocenters. The minimum absolute atomic E-state index is 0.164. The van der Waals surface area contributed by atoms with Crippen molar-refractivity contribution < 1.29 is 9.53 Å². The standard InChI is InChI=1S/C17H24N2O2/c1-12(2)21-14-5-3-13(4-6-14)19-16(20)15-11-17(15)7-9-18-10-8-17/h3-6,12,15,18H,7-11H2,1-2H3,(H,19,20). The molecule has 1 aliphatic carbocycles. The Morgan fingerprint density at radius 3 is 2.57 bits per heavy atom. The molecule has 1 aliphatic heterocycles. The van der Waals surface area contributed by atoms with Crippen molar-refractivity contribution in [3.8, 4) is 5.75 Å². The summed E-state index contributed by atoms with van der Waals surface area (Å²) in [5.74, 6) is 1.21. The van der Waals surface area contributed by atoms with E-state index in [1.165, 1.54) is 0 Å². The van der Waals surface area contributed by atoms with Crippen molar-refractivity contribution in [1.82, 2.24) is 5.32 Å². The first-order chi connectivity index (χ1) is 10.1. The molecule has 2 N–H and O–H groups in total.